The van der Waals surface area contributed by atoms with Crippen LogP contribution in [-0.4, -0.2) is 35.8 Å². The van der Waals surface area contributed by atoms with E-state index in [-0.39, 0.29) is 47.8 Å². The molecule has 1 saturated heterocycles. The summed E-state index contributed by atoms with van der Waals surface area (Å²) in [6.07, 6.45) is 5.70. The monoisotopic (exact) mass is 442 g/mol. The topological polar surface area (TPSA) is 75.7 Å². The maximum absolute atomic E-state index is 13.7. The van der Waals surface area contributed by atoms with Crippen LogP contribution in [0.4, 0.5) is 5.69 Å². The Morgan fingerprint density at radius 3 is 2.15 bits per heavy atom. The van der Waals surface area contributed by atoms with Crippen LogP contribution in [0.2, 0.25) is 0 Å². The second-order valence-electron chi connectivity index (χ2n) is 9.62. The lowest BCUT2D eigenvalue weighted by atomic mass is 9.63. The molecular formula is C27H26N2O4. The number of carbonyl (C=O) groups is 3. The van der Waals surface area contributed by atoms with Crippen molar-refractivity contribution in [2.75, 3.05) is 12.4 Å². The van der Waals surface area contributed by atoms with Gasteiger partial charge in [-0.1, -0.05) is 42.5 Å². The van der Waals surface area contributed by atoms with E-state index in [1.807, 2.05) is 30.3 Å². The molecule has 5 aliphatic rings. The Kier molecular flexibility index (Phi) is 4.64. The van der Waals surface area contributed by atoms with E-state index in [4.69, 9.17) is 4.74 Å². The van der Waals surface area contributed by atoms with Crippen molar-refractivity contribution in [3.05, 3.63) is 72.3 Å². The van der Waals surface area contributed by atoms with Crippen LogP contribution in [0.1, 0.15) is 12.0 Å². The van der Waals surface area contributed by atoms with Crippen LogP contribution in [0.3, 0.4) is 0 Å². The summed E-state index contributed by atoms with van der Waals surface area (Å²) >= 11 is 0. The molecule has 0 spiro atoms. The van der Waals surface area contributed by atoms with Crippen LogP contribution in [-0.2, 0) is 20.8 Å². The molecule has 1 N–H and O–H groups in total. The van der Waals surface area contributed by atoms with Gasteiger partial charge in [-0.2, -0.15) is 0 Å². The second kappa shape index (κ2) is 7.58. The molecule has 4 aliphatic carbocycles. The number of amides is 3. The summed E-state index contributed by atoms with van der Waals surface area (Å²) in [4.78, 5) is 42.1. The van der Waals surface area contributed by atoms with Crippen molar-refractivity contribution in [3.8, 4) is 5.75 Å². The predicted molar refractivity (Wildman–Crippen MR) is 122 cm³/mol. The van der Waals surface area contributed by atoms with Crippen molar-refractivity contribution in [2.45, 2.75) is 18.9 Å². The number of benzene rings is 2. The zero-order valence-corrected chi connectivity index (χ0v) is 18.4. The molecule has 6 heteroatoms. The van der Waals surface area contributed by atoms with Gasteiger partial charge >= 0.3 is 0 Å². The molecule has 168 valence electrons. The van der Waals surface area contributed by atoms with Crippen molar-refractivity contribution in [3.63, 3.8) is 0 Å². The van der Waals surface area contributed by atoms with E-state index in [1.165, 1.54) is 4.90 Å². The normalized spacial score (nSPS) is 31.7. The van der Waals surface area contributed by atoms with Gasteiger partial charge in [0.2, 0.25) is 17.7 Å². The molecule has 0 radical (unpaired) electrons. The molecule has 7 rings (SSSR count). The lowest BCUT2D eigenvalue weighted by Gasteiger charge is -2.37. The number of anilines is 1. The molecule has 0 unspecified atom stereocenters. The minimum atomic E-state index is -0.893. The fourth-order valence-corrected chi connectivity index (χ4v) is 6.33. The Balaban J connectivity index is 1.31. The number of ether oxygens (including phenoxy) is 1. The summed E-state index contributed by atoms with van der Waals surface area (Å²) in [6.45, 7) is 0. The Morgan fingerprint density at radius 1 is 0.970 bits per heavy atom. The number of nitrogens with one attached hydrogen (secondary N) is 1. The van der Waals surface area contributed by atoms with Crippen molar-refractivity contribution >= 4 is 23.4 Å². The summed E-state index contributed by atoms with van der Waals surface area (Å²) in [6, 6.07) is 15.7. The zero-order chi connectivity index (χ0) is 22.7. The van der Waals surface area contributed by atoms with Crippen LogP contribution >= 0.6 is 0 Å². The van der Waals surface area contributed by atoms with Crippen LogP contribution in [0, 0.1) is 35.5 Å². The number of rotatable bonds is 6. The Labute approximate surface area is 192 Å². The number of allylic oxidation sites excluding steroid dienone is 2. The molecule has 3 fully saturated rings. The van der Waals surface area contributed by atoms with Crippen molar-refractivity contribution in [2.24, 2.45) is 35.5 Å². The third-order valence-corrected chi connectivity index (χ3v) is 7.94. The summed E-state index contributed by atoms with van der Waals surface area (Å²) in [5.41, 5.74) is 1.50. The number of nitrogens with zero attached hydrogens (tertiary/aromatic N) is 1. The molecule has 2 bridgehead atoms. The molecule has 6 nitrogen and oxygen atoms in total. The van der Waals surface area contributed by atoms with Gasteiger partial charge in [0.25, 0.3) is 0 Å². The predicted octanol–water partition coefficient (Wildman–Crippen LogP) is 3.30. The van der Waals surface area contributed by atoms with E-state index in [0.717, 1.165) is 12.0 Å². The number of hydrogen-bond acceptors (Lipinski definition) is 4. The number of methoxy groups -OCH3 is 1. The highest BCUT2D eigenvalue weighted by atomic mass is 16.5. The van der Waals surface area contributed by atoms with Crippen LogP contribution in [0.25, 0.3) is 0 Å². The van der Waals surface area contributed by atoms with Gasteiger partial charge < -0.3 is 10.1 Å². The number of imide groups is 1. The molecule has 3 amide bonds. The Morgan fingerprint density at radius 2 is 1.58 bits per heavy atom. The smallest absolute Gasteiger partial charge is 0.248 e. The van der Waals surface area contributed by atoms with Crippen molar-refractivity contribution in [1.82, 2.24) is 4.90 Å². The second-order valence-corrected chi connectivity index (χ2v) is 9.62. The van der Waals surface area contributed by atoms with Crippen LogP contribution in [0.15, 0.2) is 66.7 Å². The van der Waals surface area contributed by atoms with Gasteiger partial charge in [-0.15, -0.1) is 0 Å². The van der Waals surface area contributed by atoms with Crippen LogP contribution in [0.5, 0.6) is 5.75 Å². The SMILES string of the molecule is COc1ccc(NC(=O)[C@H](Cc2ccccc2)N2C(=O)[C@H]3[C@@H]4C=C[C@H]([C@H]5C[C@H]45)[C@@H]3C2=O)cc1. The fourth-order valence-electron chi connectivity index (χ4n) is 6.33. The first-order chi connectivity index (χ1) is 16.1. The van der Waals surface area contributed by atoms with Crippen molar-refractivity contribution < 1.29 is 19.1 Å². The number of carbonyl (C=O) groups excluding carboxylic acids is 3. The molecular weight excluding hydrogens is 416 g/mol. The Bertz CT molecular complexity index is 1110. The van der Waals surface area contributed by atoms with E-state index in [1.54, 1.807) is 31.4 Å². The lowest BCUT2D eigenvalue weighted by Crippen LogP contribution is -2.49. The highest BCUT2D eigenvalue weighted by Crippen LogP contribution is 2.65. The first kappa shape index (κ1) is 20.2. The van der Waals surface area contributed by atoms with Crippen molar-refractivity contribution in [1.29, 1.82) is 0 Å². The highest BCUT2D eigenvalue weighted by Gasteiger charge is 2.67. The van der Waals surface area contributed by atoms with E-state index in [2.05, 4.69) is 17.5 Å². The lowest BCUT2D eigenvalue weighted by molar-refractivity contribution is -0.146. The average molecular weight is 443 g/mol. The van der Waals surface area contributed by atoms with Gasteiger partial charge in [0, 0.05) is 12.1 Å². The van der Waals surface area contributed by atoms with Gasteiger partial charge in [-0.05, 0) is 59.9 Å². The third kappa shape index (κ3) is 3.19. The highest BCUT2D eigenvalue weighted by molar-refractivity contribution is 6.10. The van der Waals surface area contributed by atoms with Gasteiger partial charge in [0.15, 0.2) is 0 Å². The average Bonchev–Trinajstić information content (AvgIpc) is 3.62. The standard InChI is InChI=1S/C27H26N2O4/c1-33-17-9-7-16(8-10-17)28-25(30)22(13-15-5-3-2-4-6-15)29-26(31)23-18-11-12-19(21-14-20(18)21)24(23)27(29)32/h2-12,18-24H,13-14H2,1H3,(H,28,30)/t18-,19-,20-,21-,22+,23+,24+/m1/s1. The largest absolute Gasteiger partial charge is 0.497 e. The van der Waals surface area contributed by atoms with E-state index < -0.39 is 6.04 Å². The molecule has 2 aromatic rings. The maximum Gasteiger partial charge on any atom is 0.248 e. The van der Waals surface area contributed by atoms with Gasteiger partial charge in [0.1, 0.15) is 11.8 Å². The fraction of sp³-hybridized carbons (Fsp3) is 0.370. The zero-order valence-electron chi connectivity index (χ0n) is 18.4. The summed E-state index contributed by atoms with van der Waals surface area (Å²) in [7, 11) is 1.58. The molecule has 1 heterocycles. The van der Waals surface area contributed by atoms with Gasteiger partial charge in [0.05, 0.1) is 18.9 Å². The minimum Gasteiger partial charge on any atom is -0.497 e. The maximum atomic E-state index is 13.7. The van der Waals surface area contributed by atoms with E-state index in [0.29, 0.717) is 23.3 Å². The first-order valence-corrected chi connectivity index (χ1v) is 11.6. The van der Waals surface area contributed by atoms with Gasteiger partial charge in [-0.25, -0.2) is 0 Å². The molecule has 2 aromatic carbocycles. The summed E-state index contributed by atoms with van der Waals surface area (Å²) in [5, 5.41) is 2.91. The molecule has 33 heavy (non-hydrogen) atoms. The summed E-state index contributed by atoms with van der Waals surface area (Å²) < 4.78 is 5.19. The van der Waals surface area contributed by atoms with E-state index in [9.17, 15) is 14.4 Å². The first-order valence-electron chi connectivity index (χ1n) is 11.6. The minimum absolute atomic E-state index is 0.133. The van der Waals surface area contributed by atoms with Gasteiger partial charge in [-0.3, -0.25) is 19.3 Å². The third-order valence-electron chi connectivity index (χ3n) is 7.94. The molecule has 7 atom stereocenters. The summed E-state index contributed by atoms with van der Waals surface area (Å²) in [5.74, 6) is 0.658. The molecule has 0 aromatic heterocycles. The quantitative estimate of drug-likeness (QED) is 0.550. The van der Waals surface area contributed by atoms with E-state index >= 15 is 0 Å². The molecule has 2 saturated carbocycles. The molecule has 1 aliphatic heterocycles. The number of likely N-dealkylation sites (tertiary alicyclic amines) is 1. The number of hydrogen-bond donors (Lipinski definition) is 1. The van der Waals surface area contributed by atoms with Crippen LogP contribution < -0.4 is 10.1 Å². The Hall–Kier alpha value is -3.41.